The van der Waals surface area contributed by atoms with Crippen LogP contribution < -0.4 is 20.1 Å². The molecule has 1 saturated heterocycles. The van der Waals surface area contributed by atoms with Crippen molar-refractivity contribution in [2.24, 2.45) is 0 Å². The second kappa shape index (κ2) is 13.7. The molecule has 0 spiro atoms. The first-order valence-corrected chi connectivity index (χ1v) is 13.5. The van der Waals surface area contributed by atoms with E-state index in [0.717, 1.165) is 60.8 Å². The van der Waals surface area contributed by atoms with E-state index in [1.165, 1.54) is 6.08 Å². The van der Waals surface area contributed by atoms with Gasteiger partial charge < -0.3 is 25.0 Å². The number of hydrogen-bond donors (Lipinski definition) is 2. The molecule has 0 unspecified atom stereocenters. The Labute approximate surface area is 240 Å². The summed E-state index contributed by atoms with van der Waals surface area (Å²) in [6, 6.07) is 7.43. The van der Waals surface area contributed by atoms with Crippen molar-refractivity contribution in [3.05, 3.63) is 66.0 Å². The molecule has 3 heterocycles. The Bertz CT molecular complexity index is 1400. The predicted molar refractivity (Wildman–Crippen MR) is 158 cm³/mol. The van der Waals surface area contributed by atoms with Crippen molar-refractivity contribution in [2.75, 3.05) is 57.1 Å². The van der Waals surface area contributed by atoms with E-state index in [1.54, 1.807) is 32.5 Å². The molecular weight excluding hydrogens is 522 g/mol. The van der Waals surface area contributed by atoms with Gasteiger partial charge >= 0.3 is 0 Å². The summed E-state index contributed by atoms with van der Waals surface area (Å²) in [5.41, 5.74) is 4.05. The van der Waals surface area contributed by atoms with Gasteiger partial charge in [0.2, 0.25) is 17.7 Å². The zero-order chi connectivity index (χ0) is 29.4. The van der Waals surface area contributed by atoms with Crippen LogP contribution in [0.3, 0.4) is 0 Å². The van der Waals surface area contributed by atoms with E-state index in [1.807, 2.05) is 36.9 Å². The molecule has 1 aromatic carbocycles. The van der Waals surface area contributed by atoms with Crippen molar-refractivity contribution < 1.29 is 19.1 Å². The van der Waals surface area contributed by atoms with Crippen molar-refractivity contribution in [3.8, 4) is 11.6 Å². The van der Waals surface area contributed by atoms with Crippen molar-refractivity contribution in [1.29, 1.82) is 0 Å². The Hall–Kier alpha value is -4.51. The molecule has 3 aromatic rings. The van der Waals surface area contributed by atoms with Crippen LogP contribution in [-0.4, -0.2) is 82.9 Å². The first-order valence-electron chi connectivity index (χ1n) is 13.5. The molecule has 4 rings (SSSR count). The number of aryl methyl sites for hydroxylation is 2. The number of hydrogen-bond acceptors (Lipinski definition) is 10. The van der Waals surface area contributed by atoms with Crippen LogP contribution in [0.15, 0.2) is 49.3 Å². The van der Waals surface area contributed by atoms with Crippen LogP contribution in [-0.2, 0) is 16.0 Å². The minimum absolute atomic E-state index is 0.0996. The second-order valence-electron chi connectivity index (χ2n) is 9.88. The number of pyridine rings is 1. The predicted octanol–water partition coefficient (Wildman–Crippen LogP) is 3.82. The average molecular weight is 560 g/mol. The first-order chi connectivity index (χ1) is 19.7. The number of anilines is 4. The molecule has 1 amide bonds. The van der Waals surface area contributed by atoms with E-state index in [-0.39, 0.29) is 18.1 Å². The zero-order valence-electron chi connectivity index (χ0n) is 24.1. The summed E-state index contributed by atoms with van der Waals surface area (Å²) in [5.74, 6) is 2.18. The lowest BCUT2D eigenvalue weighted by atomic mass is 10.1. The van der Waals surface area contributed by atoms with E-state index in [2.05, 4.69) is 37.1 Å². The Morgan fingerprint density at radius 3 is 2.49 bits per heavy atom. The van der Waals surface area contributed by atoms with Gasteiger partial charge in [0, 0.05) is 75.8 Å². The Kier molecular flexibility index (Phi) is 9.86. The van der Waals surface area contributed by atoms with Crippen LogP contribution in [0.4, 0.5) is 23.1 Å². The maximum Gasteiger partial charge on any atom is 0.229 e. The minimum Gasteiger partial charge on any atom is -0.492 e. The van der Waals surface area contributed by atoms with E-state index in [9.17, 15) is 9.59 Å². The molecule has 2 N–H and O–H groups in total. The fourth-order valence-corrected chi connectivity index (χ4v) is 4.39. The largest absolute Gasteiger partial charge is 0.492 e. The number of nitrogens with one attached hydrogen (secondary N) is 2. The molecule has 0 saturated carbocycles. The monoisotopic (exact) mass is 559 g/mol. The number of nitrogens with zero attached hydrogens (tertiary/aromatic N) is 5. The SMILES string of the molecule is C=CC(=O)Cc1cc(OCCN2CCN(C(C)=O)CC2)ccc1Nc1nc(Nc2cc(OC)ncc2C)ncc1C. The topological polar surface area (TPSA) is 122 Å². The number of carbonyl (C=O) groups is 2. The number of benzene rings is 1. The average Bonchev–Trinajstić information content (AvgIpc) is 2.97. The number of piperazine rings is 1. The smallest absolute Gasteiger partial charge is 0.229 e. The number of ether oxygens (including phenoxy) is 2. The number of allylic oxidation sites excluding steroid dienone is 1. The van der Waals surface area contributed by atoms with Crippen LogP contribution >= 0.6 is 0 Å². The Morgan fingerprint density at radius 1 is 1.02 bits per heavy atom. The number of aromatic nitrogens is 3. The maximum absolute atomic E-state index is 12.3. The number of amides is 1. The lowest BCUT2D eigenvalue weighted by molar-refractivity contribution is -0.130. The highest BCUT2D eigenvalue weighted by atomic mass is 16.5. The third-order valence-corrected chi connectivity index (χ3v) is 6.92. The second-order valence-corrected chi connectivity index (χ2v) is 9.88. The first kappa shape index (κ1) is 29.5. The Morgan fingerprint density at radius 2 is 1.78 bits per heavy atom. The lowest BCUT2D eigenvalue weighted by Gasteiger charge is -2.34. The molecule has 2 aromatic heterocycles. The number of methoxy groups -OCH3 is 1. The summed E-state index contributed by atoms with van der Waals surface area (Å²) < 4.78 is 11.3. The Balaban J connectivity index is 1.46. The fourth-order valence-electron chi connectivity index (χ4n) is 4.39. The van der Waals surface area contributed by atoms with Crippen LogP contribution in [0.5, 0.6) is 11.6 Å². The van der Waals surface area contributed by atoms with Crippen molar-refractivity contribution in [3.63, 3.8) is 0 Å². The lowest BCUT2D eigenvalue weighted by Crippen LogP contribution is -2.48. The van der Waals surface area contributed by atoms with Gasteiger partial charge in [-0.3, -0.25) is 14.5 Å². The van der Waals surface area contributed by atoms with Gasteiger partial charge in [-0.15, -0.1) is 0 Å². The summed E-state index contributed by atoms with van der Waals surface area (Å²) in [6.45, 7) is 13.5. The molecule has 216 valence electrons. The summed E-state index contributed by atoms with van der Waals surface area (Å²) in [6.07, 6.45) is 4.94. The summed E-state index contributed by atoms with van der Waals surface area (Å²) in [4.78, 5) is 41.3. The molecule has 1 aliphatic rings. The van der Waals surface area contributed by atoms with Gasteiger partial charge in [-0.05, 0) is 49.2 Å². The van der Waals surface area contributed by atoms with Gasteiger partial charge in [-0.25, -0.2) is 9.97 Å². The summed E-state index contributed by atoms with van der Waals surface area (Å²) in [5, 5.41) is 6.60. The zero-order valence-corrected chi connectivity index (χ0v) is 24.1. The highest BCUT2D eigenvalue weighted by molar-refractivity contribution is 5.92. The minimum atomic E-state index is -0.0996. The fraction of sp³-hybridized carbons (Fsp3) is 0.367. The maximum atomic E-state index is 12.3. The van der Waals surface area contributed by atoms with Crippen LogP contribution in [0.1, 0.15) is 23.6 Å². The van der Waals surface area contributed by atoms with E-state index in [0.29, 0.717) is 30.0 Å². The summed E-state index contributed by atoms with van der Waals surface area (Å²) >= 11 is 0. The number of ketones is 1. The molecule has 11 nitrogen and oxygen atoms in total. The van der Waals surface area contributed by atoms with Crippen molar-refractivity contribution >= 4 is 34.8 Å². The molecule has 0 radical (unpaired) electrons. The van der Waals surface area contributed by atoms with E-state index >= 15 is 0 Å². The van der Waals surface area contributed by atoms with Crippen molar-refractivity contribution in [2.45, 2.75) is 27.2 Å². The third kappa shape index (κ3) is 8.01. The molecule has 11 heteroatoms. The molecular formula is C30H37N7O4. The van der Waals surface area contributed by atoms with Gasteiger partial charge in [0.05, 0.1) is 12.8 Å². The molecule has 0 atom stereocenters. The highest BCUT2D eigenvalue weighted by Gasteiger charge is 2.18. The standard InChI is InChI=1S/C30H37N7O4/c1-6-24(39)15-23-16-25(41-14-13-36-9-11-37(12-10-36)22(4)38)7-8-26(23)33-29-21(3)19-32-30(35-29)34-27-17-28(40-5)31-18-20(27)2/h6-8,16-19H,1,9-15H2,2-5H3,(H2,31,32,33,34,35). The van der Waals surface area contributed by atoms with E-state index in [4.69, 9.17) is 9.47 Å². The van der Waals surface area contributed by atoms with Gasteiger partial charge in [0.15, 0.2) is 5.78 Å². The highest BCUT2D eigenvalue weighted by Crippen LogP contribution is 2.28. The molecule has 0 aliphatic carbocycles. The number of carbonyl (C=O) groups excluding carboxylic acids is 2. The van der Waals surface area contributed by atoms with Gasteiger partial charge in [0.1, 0.15) is 18.2 Å². The normalized spacial score (nSPS) is 13.4. The number of rotatable bonds is 12. The molecule has 41 heavy (non-hydrogen) atoms. The molecule has 1 aliphatic heterocycles. The van der Waals surface area contributed by atoms with Crippen LogP contribution in [0.25, 0.3) is 0 Å². The van der Waals surface area contributed by atoms with Gasteiger partial charge in [0.25, 0.3) is 0 Å². The molecule has 0 bridgehead atoms. The summed E-state index contributed by atoms with van der Waals surface area (Å²) in [7, 11) is 1.57. The van der Waals surface area contributed by atoms with Crippen LogP contribution in [0.2, 0.25) is 0 Å². The molecule has 1 fully saturated rings. The van der Waals surface area contributed by atoms with E-state index < -0.39 is 0 Å². The van der Waals surface area contributed by atoms with Gasteiger partial charge in [-0.2, -0.15) is 4.98 Å². The van der Waals surface area contributed by atoms with Gasteiger partial charge in [-0.1, -0.05) is 6.58 Å². The van der Waals surface area contributed by atoms with Crippen LogP contribution in [0, 0.1) is 13.8 Å². The quantitative estimate of drug-likeness (QED) is 0.317. The third-order valence-electron chi connectivity index (χ3n) is 6.92. The van der Waals surface area contributed by atoms with Crippen molar-refractivity contribution in [1.82, 2.24) is 24.8 Å².